The van der Waals surface area contributed by atoms with E-state index in [-0.39, 0.29) is 46.5 Å². The normalized spacial score (nSPS) is 12.6. The van der Waals surface area contributed by atoms with E-state index >= 15 is 0 Å². The number of sulfonamides is 1. The van der Waals surface area contributed by atoms with Gasteiger partial charge >= 0.3 is 12.4 Å². The molecule has 0 unspecified atom stereocenters. The number of aromatic nitrogens is 4. The Morgan fingerprint density at radius 2 is 1.66 bits per heavy atom. The van der Waals surface area contributed by atoms with Gasteiger partial charge in [0.2, 0.25) is 10.0 Å². The lowest BCUT2D eigenvalue weighted by atomic mass is 10.1. The Kier molecular flexibility index (Phi) is 9.68. The maximum absolute atomic E-state index is 13.0. The molecule has 2 heterocycles. The van der Waals surface area contributed by atoms with Crippen molar-refractivity contribution in [1.82, 2.24) is 19.7 Å². The fourth-order valence-electron chi connectivity index (χ4n) is 4.15. The highest BCUT2D eigenvalue weighted by Crippen LogP contribution is 2.38. The number of anilines is 3. The summed E-state index contributed by atoms with van der Waals surface area (Å²) < 4.78 is 112. The molecule has 19 heteroatoms. The van der Waals surface area contributed by atoms with Crippen molar-refractivity contribution >= 4 is 44.9 Å². The molecule has 0 spiro atoms. The molecular weight excluding hydrogens is 680 g/mol. The molecule has 0 saturated heterocycles. The zero-order chi connectivity index (χ0) is 34.9. The highest BCUT2D eigenvalue weighted by atomic mass is 35.5. The summed E-state index contributed by atoms with van der Waals surface area (Å²) in [6.07, 6.45) is -8.48. The van der Waals surface area contributed by atoms with E-state index in [1.165, 1.54) is 16.8 Å². The third-order valence-electron chi connectivity index (χ3n) is 6.14. The van der Waals surface area contributed by atoms with Gasteiger partial charge < -0.3 is 15.8 Å². The molecule has 2 aromatic carbocycles. The molecule has 47 heavy (non-hydrogen) atoms. The van der Waals surface area contributed by atoms with E-state index in [2.05, 4.69) is 20.4 Å². The number of benzene rings is 2. The summed E-state index contributed by atoms with van der Waals surface area (Å²) in [6.45, 7) is 4.94. The molecule has 0 atom stereocenters. The number of hydrogen-bond donors (Lipinski definition) is 3. The Morgan fingerprint density at radius 3 is 2.19 bits per heavy atom. The minimum Gasteiger partial charge on any atom is -0.487 e. The van der Waals surface area contributed by atoms with Crippen LogP contribution in [-0.2, 0) is 28.3 Å². The highest BCUT2D eigenvalue weighted by Gasteiger charge is 2.36. The Morgan fingerprint density at radius 1 is 1.00 bits per heavy atom. The van der Waals surface area contributed by atoms with E-state index in [0.717, 1.165) is 12.3 Å². The number of nitrogens with zero attached hydrogens (tertiary/aromatic N) is 4. The van der Waals surface area contributed by atoms with Crippen LogP contribution in [0.1, 0.15) is 42.4 Å². The number of ether oxygens (including phenoxy) is 1. The average Bonchev–Trinajstić information content (AvgIpc) is 3.32. The van der Waals surface area contributed by atoms with Crippen LogP contribution in [0.2, 0.25) is 5.02 Å². The first-order valence-corrected chi connectivity index (χ1v) is 15.3. The lowest BCUT2D eigenvalue weighted by Gasteiger charge is -2.23. The average molecular weight is 706 g/mol. The first kappa shape index (κ1) is 35.3. The van der Waals surface area contributed by atoms with Gasteiger partial charge in [0.1, 0.15) is 35.2 Å². The molecular formula is C28H26ClF6N7O4S. The number of nitrogens with two attached hydrogens (primary N) is 1. The highest BCUT2D eigenvalue weighted by molar-refractivity contribution is 7.92. The number of halogens is 7. The Bertz CT molecular complexity index is 1870. The van der Waals surface area contributed by atoms with Crippen LogP contribution in [0.5, 0.6) is 5.75 Å². The van der Waals surface area contributed by atoms with Crippen molar-refractivity contribution in [2.45, 2.75) is 45.3 Å². The number of rotatable bonds is 10. The number of alkyl halides is 6. The molecule has 2 aromatic heterocycles. The predicted octanol–water partition coefficient (Wildman–Crippen LogP) is 6.49. The van der Waals surface area contributed by atoms with Crippen molar-refractivity contribution in [3.63, 3.8) is 0 Å². The van der Waals surface area contributed by atoms with Crippen molar-refractivity contribution in [1.29, 1.82) is 0 Å². The van der Waals surface area contributed by atoms with Gasteiger partial charge in [0.25, 0.3) is 5.91 Å². The van der Waals surface area contributed by atoms with E-state index in [9.17, 15) is 39.6 Å². The Hall–Kier alpha value is -4.58. The van der Waals surface area contributed by atoms with Gasteiger partial charge in [-0.2, -0.15) is 31.4 Å². The molecule has 4 aromatic rings. The summed E-state index contributed by atoms with van der Waals surface area (Å²) in [5.74, 6) is -3.66. The van der Waals surface area contributed by atoms with Crippen LogP contribution in [-0.4, -0.2) is 46.0 Å². The molecule has 4 rings (SSSR count). The van der Waals surface area contributed by atoms with Gasteiger partial charge in [-0.25, -0.2) is 23.1 Å². The lowest BCUT2D eigenvalue weighted by molar-refractivity contribution is -0.141. The second-order valence-corrected chi connectivity index (χ2v) is 13.2. The third kappa shape index (κ3) is 9.03. The summed E-state index contributed by atoms with van der Waals surface area (Å²) in [5, 5.41) is 7.69. The zero-order valence-corrected chi connectivity index (χ0v) is 26.2. The SMILES string of the molecule is CC(C)(C)n1nc(-c2ccc(NS(=O)(=O)CC(F)(F)F)c(OCc3ccc(Cl)cc3)c2)c(C(N)=O)c1Nc1cnc(C(F)(F)F)cn1. The molecule has 0 aliphatic rings. The fourth-order valence-corrected chi connectivity index (χ4v) is 5.28. The van der Waals surface area contributed by atoms with Gasteiger partial charge in [-0.1, -0.05) is 29.8 Å². The smallest absolute Gasteiger partial charge is 0.434 e. The van der Waals surface area contributed by atoms with Gasteiger partial charge in [-0.3, -0.25) is 9.52 Å². The number of nitrogens with one attached hydrogen (secondary N) is 2. The Labute approximate surface area is 269 Å². The van der Waals surface area contributed by atoms with Crippen LogP contribution in [0.3, 0.4) is 0 Å². The summed E-state index contributed by atoms with van der Waals surface area (Å²) in [6, 6.07) is 9.98. The van der Waals surface area contributed by atoms with E-state index < -0.39 is 45.3 Å². The van der Waals surface area contributed by atoms with Crippen molar-refractivity contribution in [2.75, 3.05) is 15.8 Å². The minimum atomic E-state index is -5.03. The Balaban J connectivity index is 1.83. The van der Waals surface area contributed by atoms with Crippen molar-refractivity contribution in [3.8, 4) is 17.0 Å². The molecule has 0 radical (unpaired) electrons. The van der Waals surface area contributed by atoms with Crippen LogP contribution in [0.15, 0.2) is 54.9 Å². The third-order valence-corrected chi connectivity index (χ3v) is 7.63. The van der Waals surface area contributed by atoms with Gasteiger partial charge in [-0.15, -0.1) is 0 Å². The predicted molar refractivity (Wildman–Crippen MR) is 161 cm³/mol. The van der Waals surface area contributed by atoms with E-state index in [1.807, 2.05) is 4.72 Å². The van der Waals surface area contributed by atoms with E-state index in [1.54, 1.807) is 45.0 Å². The maximum Gasteiger partial charge on any atom is 0.434 e. The number of carbonyl (C=O) groups is 1. The van der Waals surface area contributed by atoms with Crippen LogP contribution < -0.4 is 20.5 Å². The topological polar surface area (TPSA) is 154 Å². The maximum atomic E-state index is 13.0. The number of amides is 1. The molecule has 1 amide bonds. The first-order valence-electron chi connectivity index (χ1n) is 13.3. The molecule has 0 saturated carbocycles. The molecule has 0 aliphatic carbocycles. The molecule has 11 nitrogen and oxygen atoms in total. The summed E-state index contributed by atoms with van der Waals surface area (Å²) in [7, 11) is -4.93. The first-order chi connectivity index (χ1) is 21.6. The summed E-state index contributed by atoms with van der Waals surface area (Å²) >= 11 is 5.92. The molecule has 0 aliphatic heterocycles. The summed E-state index contributed by atoms with van der Waals surface area (Å²) in [4.78, 5) is 19.9. The number of hydrogen-bond acceptors (Lipinski definition) is 8. The van der Waals surface area contributed by atoms with E-state index in [0.29, 0.717) is 16.8 Å². The van der Waals surface area contributed by atoms with Crippen molar-refractivity contribution in [2.24, 2.45) is 5.73 Å². The summed E-state index contributed by atoms with van der Waals surface area (Å²) in [5.41, 5.74) is 3.66. The van der Waals surface area contributed by atoms with Crippen LogP contribution in [0.4, 0.5) is 43.7 Å². The van der Waals surface area contributed by atoms with E-state index in [4.69, 9.17) is 22.1 Å². The number of carbonyl (C=O) groups excluding carboxylic acids is 1. The monoisotopic (exact) mass is 705 g/mol. The quantitative estimate of drug-likeness (QED) is 0.158. The molecule has 0 bridgehead atoms. The van der Waals surface area contributed by atoms with Crippen LogP contribution in [0, 0.1) is 0 Å². The fraction of sp³-hybridized carbons (Fsp3) is 0.286. The second-order valence-electron chi connectivity index (χ2n) is 11.0. The van der Waals surface area contributed by atoms with Crippen LogP contribution in [0.25, 0.3) is 11.3 Å². The standard InChI is InChI=1S/C28H26ClF6N7O4S/c1-26(2,3)42-25(39-21-12-37-20(11-38-21)28(33,34)35)22(24(36)43)23(40-42)16-6-9-18(41-47(44,45)14-27(30,31)32)19(10-16)46-13-15-4-7-17(29)8-5-15/h4-12,41H,13-14H2,1-3H3,(H2,36,43)(H,38,39). The van der Waals surface area contributed by atoms with Gasteiger partial charge in [0, 0.05) is 10.6 Å². The molecule has 0 fully saturated rings. The van der Waals surface area contributed by atoms with Gasteiger partial charge in [0.15, 0.2) is 11.4 Å². The molecule has 4 N–H and O–H groups in total. The minimum absolute atomic E-state index is 0.0624. The van der Waals surface area contributed by atoms with Crippen molar-refractivity contribution < 1.29 is 44.3 Å². The largest absolute Gasteiger partial charge is 0.487 e. The van der Waals surface area contributed by atoms with Crippen LogP contribution >= 0.6 is 11.6 Å². The van der Waals surface area contributed by atoms with Crippen molar-refractivity contribution in [3.05, 3.63) is 76.7 Å². The lowest BCUT2D eigenvalue weighted by Crippen LogP contribution is -2.28. The number of primary amides is 1. The van der Waals surface area contributed by atoms with Gasteiger partial charge in [0.05, 0.1) is 23.6 Å². The second kappa shape index (κ2) is 12.9. The molecule has 252 valence electrons. The zero-order valence-electron chi connectivity index (χ0n) is 24.7. The van der Waals surface area contributed by atoms with Gasteiger partial charge in [-0.05, 0) is 50.6 Å².